The first-order valence-electron chi connectivity index (χ1n) is 6.06. The van der Waals surface area contributed by atoms with Crippen LogP contribution in [0.3, 0.4) is 0 Å². The number of carbonyl (C=O) groups is 1. The van der Waals surface area contributed by atoms with Gasteiger partial charge in [0.1, 0.15) is 0 Å². The Morgan fingerprint density at radius 2 is 2.06 bits per heavy atom. The lowest BCUT2D eigenvalue weighted by molar-refractivity contribution is -0.152. The summed E-state index contributed by atoms with van der Waals surface area (Å²) in [6, 6.07) is 9.96. The van der Waals surface area contributed by atoms with Crippen molar-refractivity contribution >= 4 is 5.91 Å². The van der Waals surface area contributed by atoms with Crippen molar-refractivity contribution in [2.45, 2.75) is 32.4 Å². The number of nitrogens with zero attached hydrogens (tertiary/aromatic N) is 1. The SMILES string of the molecule is C[C@H]1C(=O)N(Cc2ccccc2)CC[C@@]1(C)O. The maximum atomic E-state index is 12.1. The molecule has 1 aliphatic heterocycles. The van der Waals surface area contributed by atoms with E-state index in [0.717, 1.165) is 5.56 Å². The Morgan fingerprint density at radius 3 is 2.71 bits per heavy atom. The normalized spacial score (nSPS) is 29.5. The van der Waals surface area contributed by atoms with Crippen LogP contribution in [0.2, 0.25) is 0 Å². The van der Waals surface area contributed by atoms with E-state index in [1.165, 1.54) is 0 Å². The molecular formula is C14H19NO2. The third-order valence-electron chi connectivity index (χ3n) is 3.72. The van der Waals surface area contributed by atoms with Crippen molar-refractivity contribution in [3.05, 3.63) is 35.9 Å². The molecule has 1 saturated heterocycles. The van der Waals surface area contributed by atoms with Gasteiger partial charge in [-0.2, -0.15) is 0 Å². The first-order chi connectivity index (χ1) is 8.00. The molecule has 1 amide bonds. The van der Waals surface area contributed by atoms with Crippen LogP contribution in [-0.2, 0) is 11.3 Å². The zero-order valence-corrected chi connectivity index (χ0v) is 10.4. The zero-order chi connectivity index (χ0) is 12.5. The summed E-state index contributed by atoms with van der Waals surface area (Å²) in [5.41, 5.74) is 0.277. The molecule has 92 valence electrons. The van der Waals surface area contributed by atoms with Gasteiger partial charge >= 0.3 is 0 Å². The summed E-state index contributed by atoms with van der Waals surface area (Å²) in [6.45, 7) is 4.82. The first-order valence-corrected chi connectivity index (χ1v) is 6.06. The van der Waals surface area contributed by atoms with Crippen LogP contribution >= 0.6 is 0 Å². The van der Waals surface area contributed by atoms with Gasteiger partial charge in [-0.05, 0) is 18.9 Å². The maximum Gasteiger partial charge on any atom is 0.228 e. The number of likely N-dealkylation sites (tertiary alicyclic amines) is 1. The molecule has 0 aromatic heterocycles. The van der Waals surface area contributed by atoms with Crippen LogP contribution in [0.1, 0.15) is 25.8 Å². The largest absolute Gasteiger partial charge is 0.389 e. The Labute approximate surface area is 102 Å². The van der Waals surface area contributed by atoms with E-state index in [4.69, 9.17) is 0 Å². The molecule has 0 bridgehead atoms. The van der Waals surface area contributed by atoms with Gasteiger partial charge in [0.15, 0.2) is 0 Å². The first kappa shape index (κ1) is 12.1. The van der Waals surface area contributed by atoms with Crippen molar-refractivity contribution in [1.29, 1.82) is 0 Å². The van der Waals surface area contributed by atoms with E-state index >= 15 is 0 Å². The fourth-order valence-electron chi connectivity index (χ4n) is 2.19. The van der Waals surface area contributed by atoms with Crippen LogP contribution in [0.25, 0.3) is 0 Å². The average Bonchev–Trinajstić information content (AvgIpc) is 2.32. The lowest BCUT2D eigenvalue weighted by Crippen LogP contribution is -2.52. The minimum atomic E-state index is -0.857. The molecule has 1 aliphatic rings. The van der Waals surface area contributed by atoms with Crippen LogP contribution in [0.15, 0.2) is 30.3 Å². The van der Waals surface area contributed by atoms with Crippen LogP contribution in [-0.4, -0.2) is 28.1 Å². The summed E-state index contributed by atoms with van der Waals surface area (Å²) in [5.74, 6) is -0.273. The molecule has 3 nitrogen and oxygen atoms in total. The van der Waals surface area contributed by atoms with E-state index in [1.54, 1.807) is 13.8 Å². The molecule has 0 spiro atoms. The molecular weight excluding hydrogens is 214 g/mol. The molecule has 2 rings (SSSR count). The summed E-state index contributed by atoms with van der Waals surface area (Å²) >= 11 is 0. The van der Waals surface area contributed by atoms with Crippen LogP contribution in [0.5, 0.6) is 0 Å². The van der Waals surface area contributed by atoms with Gasteiger partial charge in [0.25, 0.3) is 0 Å². The summed E-state index contributed by atoms with van der Waals surface area (Å²) in [6.07, 6.45) is 0.646. The molecule has 1 heterocycles. The van der Waals surface area contributed by atoms with Gasteiger partial charge in [0.05, 0.1) is 11.5 Å². The van der Waals surface area contributed by atoms with Gasteiger partial charge in [0.2, 0.25) is 5.91 Å². The second kappa shape index (κ2) is 4.49. The summed E-state index contributed by atoms with van der Waals surface area (Å²) < 4.78 is 0. The monoisotopic (exact) mass is 233 g/mol. The highest BCUT2D eigenvalue weighted by molar-refractivity contribution is 5.80. The minimum absolute atomic E-state index is 0.0464. The molecule has 0 radical (unpaired) electrons. The number of rotatable bonds is 2. The molecule has 2 atom stereocenters. The Bertz CT molecular complexity index is 400. The van der Waals surface area contributed by atoms with E-state index in [9.17, 15) is 9.90 Å². The van der Waals surface area contributed by atoms with Crippen molar-refractivity contribution in [3.8, 4) is 0 Å². The molecule has 0 saturated carbocycles. The highest BCUT2D eigenvalue weighted by Gasteiger charge is 2.40. The summed E-state index contributed by atoms with van der Waals surface area (Å²) in [5, 5.41) is 10.0. The molecule has 17 heavy (non-hydrogen) atoms. The Hall–Kier alpha value is -1.35. The molecule has 1 aromatic rings. The Morgan fingerprint density at radius 1 is 1.41 bits per heavy atom. The third-order valence-corrected chi connectivity index (χ3v) is 3.72. The van der Waals surface area contributed by atoms with E-state index < -0.39 is 5.60 Å². The van der Waals surface area contributed by atoms with E-state index in [-0.39, 0.29) is 11.8 Å². The van der Waals surface area contributed by atoms with Crippen LogP contribution < -0.4 is 0 Å². The van der Waals surface area contributed by atoms with Crippen molar-refractivity contribution in [2.75, 3.05) is 6.54 Å². The number of aliphatic hydroxyl groups is 1. The van der Waals surface area contributed by atoms with Gasteiger partial charge in [-0.15, -0.1) is 0 Å². The van der Waals surface area contributed by atoms with Crippen LogP contribution in [0.4, 0.5) is 0 Å². The fraction of sp³-hybridized carbons (Fsp3) is 0.500. The van der Waals surface area contributed by atoms with Crippen LogP contribution in [0, 0.1) is 5.92 Å². The number of carbonyl (C=O) groups excluding carboxylic acids is 1. The number of hydrogen-bond acceptors (Lipinski definition) is 2. The Balaban J connectivity index is 2.07. The summed E-state index contributed by atoms with van der Waals surface area (Å²) in [4.78, 5) is 13.9. The fourth-order valence-corrected chi connectivity index (χ4v) is 2.19. The number of amides is 1. The van der Waals surface area contributed by atoms with Gasteiger partial charge in [-0.3, -0.25) is 4.79 Å². The van der Waals surface area contributed by atoms with E-state index in [0.29, 0.717) is 19.5 Å². The summed E-state index contributed by atoms with van der Waals surface area (Å²) in [7, 11) is 0. The molecule has 1 N–H and O–H groups in total. The van der Waals surface area contributed by atoms with Crippen molar-refractivity contribution in [1.82, 2.24) is 4.90 Å². The number of hydrogen-bond donors (Lipinski definition) is 1. The van der Waals surface area contributed by atoms with E-state index in [1.807, 2.05) is 35.2 Å². The second-order valence-electron chi connectivity index (χ2n) is 5.07. The highest BCUT2D eigenvalue weighted by Crippen LogP contribution is 2.29. The van der Waals surface area contributed by atoms with Gasteiger partial charge < -0.3 is 10.0 Å². The molecule has 0 unspecified atom stereocenters. The topological polar surface area (TPSA) is 40.5 Å². The lowest BCUT2D eigenvalue weighted by atomic mass is 9.83. The maximum absolute atomic E-state index is 12.1. The van der Waals surface area contributed by atoms with Gasteiger partial charge in [0, 0.05) is 13.1 Å². The predicted molar refractivity (Wildman–Crippen MR) is 66.3 cm³/mol. The predicted octanol–water partition coefficient (Wildman–Crippen LogP) is 1.81. The smallest absolute Gasteiger partial charge is 0.228 e. The van der Waals surface area contributed by atoms with Crippen molar-refractivity contribution < 1.29 is 9.90 Å². The lowest BCUT2D eigenvalue weighted by Gasteiger charge is -2.40. The quantitative estimate of drug-likeness (QED) is 0.846. The zero-order valence-electron chi connectivity index (χ0n) is 10.4. The van der Waals surface area contributed by atoms with Crippen molar-refractivity contribution in [2.24, 2.45) is 5.92 Å². The second-order valence-corrected chi connectivity index (χ2v) is 5.07. The molecule has 0 aliphatic carbocycles. The standard InChI is InChI=1S/C14H19NO2/c1-11-13(16)15(9-8-14(11,2)17)10-12-6-4-3-5-7-12/h3-7,11,17H,8-10H2,1-2H3/t11-,14+/m0/s1. The Kier molecular flexibility index (Phi) is 3.20. The van der Waals surface area contributed by atoms with Gasteiger partial charge in [-0.25, -0.2) is 0 Å². The minimum Gasteiger partial charge on any atom is -0.389 e. The molecule has 1 fully saturated rings. The van der Waals surface area contributed by atoms with E-state index in [2.05, 4.69) is 0 Å². The number of piperidine rings is 1. The highest BCUT2D eigenvalue weighted by atomic mass is 16.3. The van der Waals surface area contributed by atoms with Gasteiger partial charge in [-0.1, -0.05) is 37.3 Å². The molecule has 3 heteroatoms. The molecule has 1 aromatic carbocycles. The average molecular weight is 233 g/mol. The number of benzene rings is 1. The third kappa shape index (κ3) is 2.50. The van der Waals surface area contributed by atoms with Crippen molar-refractivity contribution in [3.63, 3.8) is 0 Å².